The van der Waals surface area contributed by atoms with E-state index >= 15 is 0 Å². The summed E-state index contributed by atoms with van der Waals surface area (Å²) < 4.78 is 1.47. The van der Waals surface area contributed by atoms with Crippen molar-refractivity contribution in [1.82, 2.24) is 15.2 Å². The zero-order valence-corrected chi connectivity index (χ0v) is 16.4. The van der Waals surface area contributed by atoms with Gasteiger partial charge in [0.2, 0.25) is 0 Å². The van der Waals surface area contributed by atoms with E-state index in [9.17, 15) is 9.59 Å². The summed E-state index contributed by atoms with van der Waals surface area (Å²) in [5.41, 5.74) is 5.73. The van der Waals surface area contributed by atoms with Crippen molar-refractivity contribution in [3.05, 3.63) is 124 Å². The van der Waals surface area contributed by atoms with Crippen LogP contribution < -0.4 is 11.0 Å². The fourth-order valence-corrected chi connectivity index (χ4v) is 3.21. The van der Waals surface area contributed by atoms with Gasteiger partial charge in [-0.1, -0.05) is 66.7 Å². The zero-order valence-electron chi connectivity index (χ0n) is 16.4. The van der Waals surface area contributed by atoms with E-state index in [0.29, 0.717) is 22.5 Å². The van der Waals surface area contributed by atoms with Gasteiger partial charge in [-0.15, -0.1) is 0 Å². The Balaban J connectivity index is 1.79. The maximum absolute atomic E-state index is 13.3. The largest absolute Gasteiger partial charge is 0.295 e. The molecule has 0 aliphatic rings. The molecule has 148 valence electrons. The van der Waals surface area contributed by atoms with Gasteiger partial charge in [-0.2, -0.15) is 5.10 Å². The minimum Gasteiger partial charge on any atom is -0.295 e. The number of hydrogen-bond acceptors (Lipinski definition) is 3. The van der Waals surface area contributed by atoms with Gasteiger partial charge >= 0.3 is 0 Å². The van der Waals surface area contributed by atoms with Crippen molar-refractivity contribution in [2.75, 3.05) is 0 Å². The van der Waals surface area contributed by atoms with Crippen LogP contribution in [0, 0.1) is 6.92 Å². The van der Waals surface area contributed by atoms with Crippen LogP contribution in [0.1, 0.15) is 27.2 Å². The molecular formula is C24H20N4O2. The summed E-state index contributed by atoms with van der Waals surface area (Å²) in [5.74, 6) is -0.347. The SMILES string of the molecule is Cc1[nH]n(-c2ccccc2)c(=O)c1/C(=N/NC(=O)c1ccccc1)c1ccccc1. The van der Waals surface area contributed by atoms with Gasteiger partial charge < -0.3 is 0 Å². The number of para-hydroxylation sites is 1. The van der Waals surface area contributed by atoms with Crippen LogP contribution in [0.15, 0.2) is 101 Å². The fraction of sp³-hybridized carbons (Fsp3) is 0.0417. The van der Waals surface area contributed by atoms with Crippen molar-refractivity contribution < 1.29 is 4.79 Å². The fourth-order valence-electron chi connectivity index (χ4n) is 3.21. The van der Waals surface area contributed by atoms with Crippen molar-refractivity contribution in [2.24, 2.45) is 5.10 Å². The molecule has 0 saturated heterocycles. The van der Waals surface area contributed by atoms with Crippen LogP contribution in [-0.4, -0.2) is 21.4 Å². The molecule has 0 saturated carbocycles. The Morgan fingerprint density at radius 1 is 0.833 bits per heavy atom. The lowest BCUT2D eigenvalue weighted by molar-refractivity contribution is 0.0955. The van der Waals surface area contributed by atoms with Crippen LogP contribution in [0.4, 0.5) is 0 Å². The van der Waals surface area contributed by atoms with Gasteiger partial charge in [0.15, 0.2) is 0 Å². The predicted molar refractivity (Wildman–Crippen MR) is 117 cm³/mol. The van der Waals surface area contributed by atoms with Gasteiger partial charge in [-0.25, -0.2) is 10.1 Å². The van der Waals surface area contributed by atoms with Crippen LogP contribution in [0.2, 0.25) is 0 Å². The predicted octanol–water partition coefficient (Wildman–Crippen LogP) is 3.66. The molecule has 4 aromatic rings. The molecule has 1 amide bonds. The summed E-state index contributed by atoms with van der Waals surface area (Å²) in [6, 6.07) is 27.4. The number of amides is 1. The first-order valence-electron chi connectivity index (χ1n) is 9.51. The van der Waals surface area contributed by atoms with Crippen molar-refractivity contribution in [1.29, 1.82) is 0 Å². The summed E-state index contributed by atoms with van der Waals surface area (Å²) in [4.78, 5) is 25.8. The number of carbonyl (C=O) groups excluding carboxylic acids is 1. The maximum Gasteiger partial charge on any atom is 0.281 e. The second kappa shape index (κ2) is 8.45. The highest BCUT2D eigenvalue weighted by Gasteiger charge is 2.20. The third-order valence-electron chi connectivity index (χ3n) is 4.68. The summed E-state index contributed by atoms with van der Waals surface area (Å²) in [6.45, 7) is 1.81. The van der Waals surface area contributed by atoms with E-state index in [1.165, 1.54) is 4.68 Å². The molecule has 0 fully saturated rings. The van der Waals surface area contributed by atoms with E-state index in [2.05, 4.69) is 15.6 Å². The lowest BCUT2D eigenvalue weighted by Gasteiger charge is -2.06. The Morgan fingerprint density at radius 2 is 1.37 bits per heavy atom. The molecule has 0 bridgehead atoms. The van der Waals surface area contributed by atoms with E-state index < -0.39 is 0 Å². The van der Waals surface area contributed by atoms with E-state index in [4.69, 9.17) is 0 Å². The third kappa shape index (κ3) is 3.84. The van der Waals surface area contributed by atoms with Gasteiger partial charge in [0.05, 0.1) is 11.3 Å². The Morgan fingerprint density at radius 3 is 1.97 bits per heavy atom. The van der Waals surface area contributed by atoms with Crippen LogP contribution >= 0.6 is 0 Å². The highest BCUT2D eigenvalue weighted by Crippen LogP contribution is 2.13. The molecular weight excluding hydrogens is 376 g/mol. The monoisotopic (exact) mass is 396 g/mol. The van der Waals surface area contributed by atoms with Crippen molar-refractivity contribution >= 4 is 11.6 Å². The zero-order chi connectivity index (χ0) is 20.9. The Kier molecular flexibility index (Phi) is 5.39. The second-order valence-corrected chi connectivity index (χ2v) is 6.72. The molecule has 1 heterocycles. The number of aromatic nitrogens is 2. The molecule has 0 aliphatic heterocycles. The molecule has 0 radical (unpaired) electrons. The average molecular weight is 396 g/mol. The number of nitrogens with zero attached hydrogens (tertiary/aromatic N) is 2. The summed E-state index contributed by atoms with van der Waals surface area (Å²) >= 11 is 0. The molecule has 1 aromatic heterocycles. The highest BCUT2D eigenvalue weighted by atomic mass is 16.2. The van der Waals surface area contributed by atoms with Crippen molar-refractivity contribution in [2.45, 2.75) is 6.92 Å². The standard InChI is InChI=1S/C24H20N4O2/c1-17-21(24(30)28(27-17)20-15-9-4-10-16-20)22(18-11-5-2-6-12-18)25-26-23(29)19-13-7-3-8-14-19/h2-16,27H,1H3,(H,26,29)/b25-22+. The van der Waals surface area contributed by atoms with Crippen LogP contribution in [0.3, 0.4) is 0 Å². The van der Waals surface area contributed by atoms with Crippen LogP contribution in [0.25, 0.3) is 5.69 Å². The minimum atomic E-state index is -0.347. The van der Waals surface area contributed by atoms with Crippen molar-refractivity contribution in [3.8, 4) is 5.69 Å². The molecule has 2 N–H and O–H groups in total. The van der Waals surface area contributed by atoms with Gasteiger partial charge in [-0.05, 0) is 31.2 Å². The molecule has 30 heavy (non-hydrogen) atoms. The lowest BCUT2D eigenvalue weighted by atomic mass is 10.0. The quantitative estimate of drug-likeness (QED) is 0.399. The third-order valence-corrected chi connectivity index (χ3v) is 4.68. The molecule has 6 nitrogen and oxygen atoms in total. The summed E-state index contributed by atoms with van der Waals surface area (Å²) in [5, 5.41) is 7.46. The van der Waals surface area contributed by atoms with Gasteiger partial charge in [-0.3, -0.25) is 14.7 Å². The smallest absolute Gasteiger partial charge is 0.281 e. The number of benzene rings is 3. The first kappa shape index (κ1) is 19.1. The van der Waals surface area contributed by atoms with Crippen LogP contribution in [-0.2, 0) is 0 Å². The topological polar surface area (TPSA) is 79.2 Å². The Hall–Kier alpha value is -4.19. The molecule has 0 unspecified atom stereocenters. The number of rotatable bonds is 5. The highest BCUT2D eigenvalue weighted by molar-refractivity contribution is 6.13. The van der Waals surface area contributed by atoms with Crippen LogP contribution in [0.5, 0.6) is 0 Å². The molecule has 6 heteroatoms. The molecule has 0 atom stereocenters. The normalized spacial score (nSPS) is 11.3. The Bertz CT molecular complexity index is 1240. The van der Waals surface area contributed by atoms with Gasteiger partial charge in [0.25, 0.3) is 11.5 Å². The Labute approximate surface area is 173 Å². The van der Waals surface area contributed by atoms with E-state index in [1.54, 1.807) is 24.3 Å². The van der Waals surface area contributed by atoms with E-state index in [-0.39, 0.29) is 11.5 Å². The number of carbonyl (C=O) groups is 1. The molecule has 4 rings (SSSR count). The number of aromatic amines is 1. The molecule has 0 aliphatic carbocycles. The second-order valence-electron chi connectivity index (χ2n) is 6.72. The maximum atomic E-state index is 13.3. The first-order valence-corrected chi connectivity index (χ1v) is 9.51. The van der Waals surface area contributed by atoms with E-state index in [1.807, 2.05) is 73.7 Å². The minimum absolute atomic E-state index is 0.240. The van der Waals surface area contributed by atoms with E-state index in [0.717, 1.165) is 11.3 Å². The summed E-state index contributed by atoms with van der Waals surface area (Å²) in [6.07, 6.45) is 0. The summed E-state index contributed by atoms with van der Waals surface area (Å²) in [7, 11) is 0. The average Bonchev–Trinajstić information content (AvgIpc) is 3.10. The number of hydrogen-bond donors (Lipinski definition) is 2. The lowest BCUT2D eigenvalue weighted by Crippen LogP contribution is -2.25. The number of hydrazone groups is 1. The molecule has 0 spiro atoms. The van der Waals surface area contributed by atoms with Gasteiger partial charge in [0, 0.05) is 16.8 Å². The number of aryl methyl sites for hydroxylation is 1. The molecule has 3 aromatic carbocycles. The first-order chi connectivity index (χ1) is 14.6. The number of nitrogens with one attached hydrogen (secondary N) is 2. The van der Waals surface area contributed by atoms with Gasteiger partial charge in [0.1, 0.15) is 5.71 Å². The van der Waals surface area contributed by atoms with Crippen molar-refractivity contribution in [3.63, 3.8) is 0 Å². The number of H-pyrrole nitrogens is 1.